The number of benzene rings is 2. The van der Waals surface area contributed by atoms with Crippen LogP contribution in [0.4, 0.5) is 0 Å². The van der Waals surface area contributed by atoms with Gasteiger partial charge in [0.1, 0.15) is 0 Å². The fourth-order valence-corrected chi connectivity index (χ4v) is 3.21. The van der Waals surface area contributed by atoms with Crippen molar-refractivity contribution in [2.24, 2.45) is 0 Å². The number of nitrogens with one attached hydrogen (secondary N) is 2. The van der Waals surface area contributed by atoms with Crippen LogP contribution in [0.3, 0.4) is 0 Å². The van der Waals surface area contributed by atoms with E-state index in [0.717, 1.165) is 22.4 Å². The number of ether oxygens (including phenoxy) is 1. The van der Waals surface area contributed by atoms with Crippen molar-refractivity contribution in [3.05, 3.63) is 70.8 Å². The molecule has 3 amide bonds. The number of hydrogen-bond acceptors (Lipinski definition) is 6. The molecule has 2 aromatic carbocycles. The summed E-state index contributed by atoms with van der Waals surface area (Å²) in [5, 5.41) is 20.1. The van der Waals surface area contributed by atoms with Crippen LogP contribution in [0.25, 0.3) is 0 Å². The van der Waals surface area contributed by atoms with Crippen molar-refractivity contribution >= 4 is 17.7 Å². The van der Waals surface area contributed by atoms with E-state index in [-0.39, 0.29) is 12.2 Å². The first-order chi connectivity index (χ1) is 16.8. The molecule has 0 saturated heterocycles. The van der Waals surface area contributed by atoms with Crippen molar-refractivity contribution in [3.8, 4) is 11.8 Å². The lowest BCUT2D eigenvalue weighted by Crippen LogP contribution is -2.64. The summed E-state index contributed by atoms with van der Waals surface area (Å²) in [5.41, 5.74) is 2.41. The zero-order chi connectivity index (χ0) is 25.8. The molecule has 0 radical (unpaired) electrons. The first-order valence-corrected chi connectivity index (χ1v) is 11.1. The number of aliphatic hydroxyl groups is 1. The molecule has 0 bridgehead atoms. The van der Waals surface area contributed by atoms with Gasteiger partial charge in [-0.05, 0) is 61.7 Å². The van der Waals surface area contributed by atoms with Gasteiger partial charge in [-0.15, -0.1) is 0 Å². The number of hydrogen-bond donors (Lipinski definition) is 4. The van der Waals surface area contributed by atoms with Crippen LogP contribution < -0.4 is 10.8 Å². The standard InChI is InChI=1S/C26H31N3O6/c1-26(24(32)27-2,25(33)28-34)29(3)23(31)22-13-11-20(12-14-22)6-5-19-7-9-21(10-8-19)15-18-35-17-4-16-30/h7-14,30,34H,4,15-18H2,1-3H3,(H,27,32)(H,28,33). The Kier molecular flexibility index (Phi) is 10.4. The van der Waals surface area contributed by atoms with E-state index in [1.54, 1.807) is 24.3 Å². The van der Waals surface area contributed by atoms with Crippen LogP contribution in [0.15, 0.2) is 48.5 Å². The monoisotopic (exact) mass is 481 g/mol. The van der Waals surface area contributed by atoms with E-state index in [2.05, 4.69) is 17.2 Å². The summed E-state index contributed by atoms with van der Waals surface area (Å²) in [6, 6.07) is 14.3. The van der Waals surface area contributed by atoms with Gasteiger partial charge in [-0.3, -0.25) is 19.6 Å². The van der Waals surface area contributed by atoms with Gasteiger partial charge in [0.05, 0.1) is 6.61 Å². The van der Waals surface area contributed by atoms with Crippen molar-refractivity contribution in [2.45, 2.75) is 25.3 Å². The highest BCUT2D eigenvalue weighted by Crippen LogP contribution is 2.18. The predicted molar refractivity (Wildman–Crippen MR) is 130 cm³/mol. The van der Waals surface area contributed by atoms with Gasteiger partial charge in [0.15, 0.2) is 5.54 Å². The van der Waals surface area contributed by atoms with Gasteiger partial charge in [-0.2, -0.15) is 0 Å². The lowest BCUT2D eigenvalue weighted by Gasteiger charge is -2.34. The fraction of sp³-hybridized carbons (Fsp3) is 0.346. The zero-order valence-electron chi connectivity index (χ0n) is 20.1. The molecule has 1 atom stereocenters. The molecule has 0 aliphatic heterocycles. The molecule has 0 fully saturated rings. The molecule has 2 rings (SSSR count). The van der Waals surface area contributed by atoms with Gasteiger partial charge >= 0.3 is 0 Å². The molecule has 0 spiro atoms. The molecule has 0 aromatic heterocycles. The molecule has 186 valence electrons. The average molecular weight is 482 g/mol. The van der Waals surface area contributed by atoms with Crippen LogP contribution in [0, 0.1) is 11.8 Å². The summed E-state index contributed by atoms with van der Waals surface area (Å²) < 4.78 is 5.44. The number of carbonyl (C=O) groups excluding carboxylic acids is 3. The minimum absolute atomic E-state index is 0.129. The third-order valence-corrected chi connectivity index (χ3v) is 5.61. The van der Waals surface area contributed by atoms with Gasteiger partial charge in [0.2, 0.25) is 0 Å². The number of hydroxylamine groups is 1. The average Bonchev–Trinajstić information content (AvgIpc) is 2.90. The molecular formula is C26H31N3O6. The van der Waals surface area contributed by atoms with E-state index < -0.39 is 23.3 Å². The van der Waals surface area contributed by atoms with Crippen LogP contribution in [-0.4, -0.2) is 72.4 Å². The Labute approximate surface area is 205 Å². The van der Waals surface area contributed by atoms with E-state index in [1.807, 2.05) is 24.3 Å². The fourth-order valence-electron chi connectivity index (χ4n) is 3.21. The maximum Gasteiger partial charge on any atom is 0.278 e. The van der Waals surface area contributed by atoms with Crippen molar-refractivity contribution in [3.63, 3.8) is 0 Å². The highest BCUT2D eigenvalue weighted by atomic mass is 16.5. The third kappa shape index (κ3) is 7.13. The summed E-state index contributed by atoms with van der Waals surface area (Å²) in [5.74, 6) is 3.76. The van der Waals surface area contributed by atoms with Gasteiger partial charge < -0.3 is 20.1 Å². The summed E-state index contributed by atoms with van der Waals surface area (Å²) in [6.45, 7) is 2.51. The second-order valence-electron chi connectivity index (χ2n) is 7.92. The smallest absolute Gasteiger partial charge is 0.278 e. The molecular weight excluding hydrogens is 450 g/mol. The molecule has 0 saturated carbocycles. The maximum absolute atomic E-state index is 12.9. The molecule has 2 aromatic rings. The normalized spacial score (nSPS) is 12.0. The quantitative estimate of drug-likeness (QED) is 0.132. The highest BCUT2D eigenvalue weighted by molar-refractivity contribution is 6.12. The number of nitrogens with zero attached hydrogens (tertiary/aromatic N) is 1. The van der Waals surface area contributed by atoms with Crippen molar-refractivity contribution < 1.29 is 29.4 Å². The molecule has 9 heteroatoms. The summed E-state index contributed by atoms with van der Waals surface area (Å²) in [4.78, 5) is 38.3. The Balaban J connectivity index is 2.05. The third-order valence-electron chi connectivity index (χ3n) is 5.61. The van der Waals surface area contributed by atoms with Crippen molar-refractivity contribution in [2.75, 3.05) is 33.9 Å². The maximum atomic E-state index is 12.9. The largest absolute Gasteiger partial charge is 0.396 e. The number of aliphatic hydroxyl groups excluding tert-OH is 1. The van der Waals surface area contributed by atoms with Crippen molar-refractivity contribution in [1.29, 1.82) is 0 Å². The predicted octanol–water partition coefficient (Wildman–Crippen LogP) is 1.11. The van der Waals surface area contributed by atoms with Crippen LogP contribution in [0.1, 0.15) is 40.4 Å². The lowest BCUT2D eigenvalue weighted by atomic mass is 9.96. The highest BCUT2D eigenvalue weighted by Gasteiger charge is 2.47. The molecule has 0 aliphatic carbocycles. The second kappa shape index (κ2) is 13.2. The minimum Gasteiger partial charge on any atom is -0.396 e. The van der Waals surface area contributed by atoms with E-state index in [0.29, 0.717) is 25.2 Å². The summed E-state index contributed by atoms with van der Waals surface area (Å²) in [7, 11) is 2.64. The number of carbonyl (C=O) groups is 3. The van der Waals surface area contributed by atoms with E-state index in [1.165, 1.54) is 26.5 Å². The van der Waals surface area contributed by atoms with Gasteiger partial charge in [-0.1, -0.05) is 24.0 Å². The second-order valence-corrected chi connectivity index (χ2v) is 7.92. The lowest BCUT2D eigenvalue weighted by molar-refractivity contribution is -0.148. The first-order valence-electron chi connectivity index (χ1n) is 11.1. The molecule has 1 unspecified atom stereocenters. The molecule has 4 N–H and O–H groups in total. The SMILES string of the molecule is CNC(=O)C(C)(C(=O)NO)N(C)C(=O)c1ccc(C#Cc2ccc(CCOCCCO)cc2)cc1. The Hall–Kier alpha value is -3.71. The Morgan fingerprint density at radius 3 is 2.06 bits per heavy atom. The van der Waals surface area contributed by atoms with Crippen LogP contribution in [0.2, 0.25) is 0 Å². The van der Waals surface area contributed by atoms with E-state index >= 15 is 0 Å². The molecule has 35 heavy (non-hydrogen) atoms. The Morgan fingerprint density at radius 2 is 1.54 bits per heavy atom. The van der Waals surface area contributed by atoms with Gasteiger partial charge in [0, 0.05) is 44.0 Å². The van der Waals surface area contributed by atoms with Crippen LogP contribution in [0.5, 0.6) is 0 Å². The van der Waals surface area contributed by atoms with E-state index in [9.17, 15) is 14.4 Å². The van der Waals surface area contributed by atoms with Crippen LogP contribution in [-0.2, 0) is 20.7 Å². The Morgan fingerprint density at radius 1 is 0.971 bits per heavy atom. The molecule has 9 nitrogen and oxygen atoms in total. The minimum atomic E-state index is -1.95. The topological polar surface area (TPSA) is 128 Å². The summed E-state index contributed by atoms with van der Waals surface area (Å²) >= 11 is 0. The van der Waals surface area contributed by atoms with Crippen molar-refractivity contribution in [1.82, 2.24) is 15.7 Å². The number of amides is 3. The Bertz CT molecular complexity index is 1060. The molecule has 0 heterocycles. The zero-order valence-corrected chi connectivity index (χ0v) is 20.1. The van der Waals surface area contributed by atoms with Gasteiger partial charge in [-0.25, -0.2) is 5.48 Å². The van der Waals surface area contributed by atoms with Gasteiger partial charge in [0.25, 0.3) is 17.7 Å². The number of likely N-dealkylation sites (N-methyl/N-ethyl adjacent to an activating group) is 2. The first kappa shape index (κ1) is 27.5. The molecule has 0 aliphatic rings. The van der Waals surface area contributed by atoms with E-state index in [4.69, 9.17) is 15.1 Å². The number of rotatable bonds is 10. The summed E-state index contributed by atoms with van der Waals surface area (Å²) in [6.07, 6.45) is 1.42. The van der Waals surface area contributed by atoms with Crippen LogP contribution >= 0.6 is 0 Å².